The highest BCUT2D eigenvalue weighted by Gasteiger charge is 2.09. The Balaban J connectivity index is 2.65. The third-order valence-corrected chi connectivity index (χ3v) is 2.29. The summed E-state index contributed by atoms with van der Waals surface area (Å²) in [6.07, 6.45) is -0.440. The van der Waals surface area contributed by atoms with Crippen molar-refractivity contribution in [3.63, 3.8) is 0 Å². The van der Waals surface area contributed by atoms with E-state index in [0.717, 1.165) is 0 Å². The first kappa shape index (κ1) is 12.3. The Labute approximate surface area is 94.9 Å². The minimum Gasteiger partial charge on any atom is -0.396 e. The van der Waals surface area contributed by atoms with Gasteiger partial charge < -0.3 is 16.2 Å². The van der Waals surface area contributed by atoms with Gasteiger partial charge in [-0.1, -0.05) is 13.8 Å². The largest absolute Gasteiger partial charge is 0.396 e. The molecule has 16 heavy (non-hydrogen) atoms. The first-order valence-electron chi connectivity index (χ1n) is 5.13. The van der Waals surface area contributed by atoms with Crippen molar-refractivity contribution in [1.29, 1.82) is 5.26 Å². The van der Waals surface area contributed by atoms with E-state index in [2.05, 4.69) is 10.3 Å². The summed E-state index contributed by atoms with van der Waals surface area (Å²) >= 11 is 0. The smallest absolute Gasteiger partial charge is 0.165 e. The molecule has 5 heteroatoms. The Bertz CT molecular complexity index is 397. The SMILES string of the molecule is CC(C)C(O)CNc1ccc(N)c(C#N)n1. The van der Waals surface area contributed by atoms with Crippen molar-refractivity contribution in [3.05, 3.63) is 17.8 Å². The number of nitrogens with two attached hydrogens (primary N) is 1. The molecule has 0 saturated carbocycles. The highest BCUT2D eigenvalue weighted by Crippen LogP contribution is 2.12. The Hall–Kier alpha value is -1.80. The van der Waals surface area contributed by atoms with E-state index in [1.54, 1.807) is 12.1 Å². The van der Waals surface area contributed by atoms with Crippen molar-refractivity contribution >= 4 is 11.5 Å². The molecule has 1 heterocycles. The number of aliphatic hydroxyl groups excluding tert-OH is 1. The van der Waals surface area contributed by atoms with E-state index in [-0.39, 0.29) is 11.6 Å². The number of anilines is 2. The molecule has 1 aromatic heterocycles. The highest BCUT2D eigenvalue weighted by molar-refractivity contribution is 5.54. The van der Waals surface area contributed by atoms with Gasteiger partial charge in [-0.15, -0.1) is 0 Å². The first-order valence-corrected chi connectivity index (χ1v) is 5.13. The summed E-state index contributed by atoms with van der Waals surface area (Å²) in [7, 11) is 0. The van der Waals surface area contributed by atoms with Gasteiger partial charge in [0.1, 0.15) is 11.9 Å². The van der Waals surface area contributed by atoms with Crippen molar-refractivity contribution in [1.82, 2.24) is 4.98 Å². The van der Waals surface area contributed by atoms with Crippen LogP contribution in [0.5, 0.6) is 0 Å². The molecule has 0 saturated heterocycles. The van der Waals surface area contributed by atoms with Gasteiger partial charge in [0, 0.05) is 6.54 Å². The van der Waals surface area contributed by atoms with Gasteiger partial charge in [-0.25, -0.2) is 4.98 Å². The maximum atomic E-state index is 9.59. The number of aliphatic hydroxyl groups is 1. The van der Waals surface area contributed by atoms with Crippen molar-refractivity contribution in [3.8, 4) is 6.07 Å². The molecular formula is C11H16N4O. The van der Waals surface area contributed by atoms with E-state index in [4.69, 9.17) is 11.0 Å². The number of nitrogen functional groups attached to an aromatic ring is 1. The van der Waals surface area contributed by atoms with Crippen molar-refractivity contribution in [2.24, 2.45) is 5.92 Å². The normalized spacial score (nSPS) is 12.2. The molecule has 1 aromatic rings. The molecule has 0 amide bonds. The van der Waals surface area contributed by atoms with Crippen LogP contribution in [0.25, 0.3) is 0 Å². The van der Waals surface area contributed by atoms with E-state index in [1.807, 2.05) is 19.9 Å². The zero-order chi connectivity index (χ0) is 12.1. The molecule has 0 aliphatic rings. The van der Waals surface area contributed by atoms with Gasteiger partial charge in [-0.3, -0.25) is 0 Å². The lowest BCUT2D eigenvalue weighted by molar-refractivity contribution is 0.138. The van der Waals surface area contributed by atoms with Gasteiger partial charge >= 0.3 is 0 Å². The lowest BCUT2D eigenvalue weighted by Gasteiger charge is -2.15. The van der Waals surface area contributed by atoms with Gasteiger partial charge in [0.15, 0.2) is 5.69 Å². The molecule has 1 rings (SSSR count). The number of aromatic nitrogens is 1. The predicted octanol–water partition coefficient (Wildman–Crippen LogP) is 0.964. The number of nitrogens with one attached hydrogen (secondary N) is 1. The van der Waals surface area contributed by atoms with Crippen LogP contribution in [-0.4, -0.2) is 22.7 Å². The molecule has 1 atom stereocenters. The quantitative estimate of drug-likeness (QED) is 0.702. The minimum atomic E-state index is -0.440. The van der Waals surface area contributed by atoms with Crippen LogP contribution in [0.2, 0.25) is 0 Å². The van der Waals surface area contributed by atoms with Crippen LogP contribution in [-0.2, 0) is 0 Å². The maximum Gasteiger partial charge on any atom is 0.165 e. The van der Waals surface area contributed by atoms with E-state index < -0.39 is 6.10 Å². The molecule has 5 nitrogen and oxygen atoms in total. The van der Waals surface area contributed by atoms with Gasteiger partial charge in [0.2, 0.25) is 0 Å². The molecule has 0 aromatic carbocycles. The second-order valence-corrected chi connectivity index (χ2v) is 3.94. The van der Waals surface area contributed by atoms with E-state index >= 15 is 0 Å². The Kier molecular flexibility index (Phi) is 4.09. The molecule has 0 aliphatic heterocycles. The summed E-state index contributed by atoms with van der Waals surface area (Å²) in [4.78, 5) is 4.01. The lowest BCUT2D eigenvalue weighted by Crippen LogP contribution is -2.25. The Morgan fingerprint density at radius 3 is 2.81 bits per heavy atom. The lowest BCUT2D eigenvalue weighted by atomic mass is 10.1. The van der Waals surface area contributed by atoms with Gasteiger partial charge in [0.05, 0.1) is 11.8 Å². The topological polar surface area (TPSA) is 95.0 Å². The minimum absolute atomic E-state index is 0.178. The van der Waals surface area contributed by atoms with Gasteiger partial charge in [-0.05, 0) is 18.1 Å². The summed E-state index contributed by atoms with van der Waals surface area (Å²) in [5, 5.41) is 21.3. The van der Waals surface area contributed by atoms with Crippen LogP contribution < -0.4 is 11.1 Å². The van der Waals surface area contributed by atoms with Crippen LogP contribution in [0.4, 0.5) is 11.5 Å². The van der Waals surface area contributed by atoms with Crippen molar-refractivity contribution < 1.29 is 5.11 Å². The summed E-state index contributed by atoms with van der Waals surface area (Å²) < 4.78 is 0. The predicted molar refractivity (Wildman–Crippen MR) is 62.7 cm³/mol. The van der Waals surface area contributed by atoms with E-state index in [0.29, 0.717) is 18.1 Å². The molecule has 0 spiro atoms. The number of hydrogen-bond donors (Lipinski definition) is 3. The standard InChI is InChI=1S/C11H16N4O/c1-7(2)10(16)6-14-11-4-3-8(13)9(5-12)15-11/h3-4,7,10,16H,6,13H2,1-2H3,(H,14,15). The van der Waals surface area contributed by atoms with Gasteiger partial charge in [0.25, 0.3) is 0 Å². The number of rotatable bonds is 4. The average molecular weight is 220 g/mol. The molecule has 1 unspecified atom stereocenters. The third kappa shape index (κ3) is 3.11. The summed E-state index contributed by atoms with van der Waals surface area (Å²) in [5.41, 5.74) is 6.10. The van der Waals surface area contributed by atoms with Crippen LogP contribution in [0, 0.1) is 17.2 Å². The van der Waals surface area contributed by atoms with Crippen LogP contribution >= 0.6 is 0 Å². The zero-order valence-electron chi connectivity index (χ0n) is 9.44. The fourth-order valence-electron chi connectivity index (χ4n) is 1.10. The monoisotopic (exact) mass is 220 g/mol. The highest BCUT2D eigenvalue weighted by atomic mass is 16.3. The number of nitrogens with zero attached hydrogens (tertiary/aromatic N) is 2. The first-order chi connectivity index (χ1) is 7.54. The maximum absolute atomic E-state index is 9.59. The van der Waals surface area contributed by atoms with E-state index in [9.17, 15) is 5.11 Å². The third-order valence-electron chi connectivity index (χ3n) is 2.29. The summed E-state index contributed by atoms with van der Waals surface area (Å²) in [5.74, 6) is 0.724. The second kappa shape index (κ2) is 5.33. The fraction of sp³-hybridized carbons (Fsp3) is 0.455. The number of hydrogen-bond acceptors (Lipinski definition) is 5. The van der Waals surface area contributed by atoms with Crippen LogP contribution in [0.15, 0.2) is 12.1 Å². The molecule has 86 valence electrons. The average Bonchev–Trinajstić information content (AvgIpc) is 2.27. The van der Waals surface area contributed by atoms with Crippen molar-refractivity contribution in [2.75, 3.05) is 17.6 Å². The fourth-order valence-corrected chi connectivity index (χ4v) is 1.10. The molecular weight excluding hydrogens is 204 g/mol. The Morgan fingerprint density at radius 2 is 2.25 bits per heavy atom. The number of pyridine rings is 1. The second-order valence-electron chi connectivity index (χ2n) is 3.94. The Morgan fingerprint density at radius 1 is 1.56 bits per heavy atom. The molecule has 0 bridgehead atoms. The van der Waals surface area contributed by atoms with Crippen LogP contribution in [0.3, 0.4) is 0 Å². The summed E-state index contributed by atoms with van der Waals surface area (Å²) in [6, 6.07) is 5.21. The molecule has 0 fully saturated rings. The van der Waals surface area contributed by atoms with Gasteiger partial charge in [-0.2, -0.15) is 5.26 Å². The molecule has 0 aliphatic carbocycles. The van der Waals surface area contributed by atoms with E-state index in [1.165, 1.54) is 0 Å². The summed E-state index contributed by atoms with van der Waals surface area (Å²) in [6.45, 7) is 4.27. The van der Waals surface area contributed by atoms with Crippen LogP contribution in [0.1, 0.15) is 19.5 Å². The number of nitriles is 1. The zero-order valence-corrected chi connectivity index (χ0v) is 9.44. The van der Waals surface area contributed by atoms with Crippen molar-refractivity contribution in [2.45, 2.75) is 20.0 Å². The molecule has 4 N–H and O–H groups in total. The molecule has 0 radical (unpaired) electrons.